The van der Waals surface area contributed by atoms with Crippen LogP contribution in [0.3, 0.4) is 0 Å². The van der Waals surface area contributed by atoms with Crippen LogP contribution in [0, 0.1) is 10.5 Å². The van der Waals surface area contributed by atoms with Gasteiger partial charge in [0, 0.05) is 8.59 Å². The molecule has 0 aromatic heterocycles. The van der Waals surface area contributed by atoms with E-state index in [1.54, 1.807) is 31.2 Å². The zero-order valence-corrected chi connectivity index (χ0v) is 23.6. The number of nitrogens with one attached hydrogen (secondary N) is 1. The molecule has 1 aliphatic heterocycles. The third-order valence-electron chi connectivity index (χ3n) is 5.37. The third-order valence-corrected chi connectivity index (χ3v) is 7.09. The second-order valence-corrected chi connectivity index (χ2v) is 10.3. The second-order valence-electron chi connectivity index (χ2n) is 7.84. The molecule has 0 saturated carbocycles. The minimum atomic E-state index is -0.847. The van der Waals surface area contributed by atoms with Gasteiger partial charge in [0.15, 0.2) is 11.5 Å². The predicted molar refractivity (Wildman–Crippen MR) is 149 cm³/mol. The Hall–Kier alpha value is -2.89. The first-order chi connectivity index (χ1) is 17.2. The van der Waals surface area contributed by atoms with E-state index in [1.807, 2.05) is 24.3 Å². The number of imide groups is 2. The van der Waals surface area contributed by atoms with Gasteiger partial charge in [-0.15, -0.1) is 0 Å². The zero-order chi connectivity index (χ0) is 26.0. The maximum Gasteiger partial charge on any atom is 0.335 e. The van der Waals surface area contributed by atoms with Crippen molar-refractivity contribution in [3.8, 4) is 11.5 Å². The number of methoxy groups -OCH3 is 1. The zero-order valence-electron chi connectivity index (χ0n) is 19.1. The van der Waals surface area contributed by atoms with Gasteiger partial charge >= 0.3 is 6.03 Å². The fraction of sp³-hybridized carbons (Fsp3) is 0.115. The molecule has 4 amide bonds. The van der Waals surface area contributed by atoms with Crippen molar-refractivity contribution in [3.05, 3.63) is 89.9 Å². The van der Waals surface area contributed by atoms with Gasteiger partial charge in [-0.3, -0.25) is 14.9 Å². The summed E-state index contributed by atoms with van der Waals surface area (Å²) in [7, 11) is 1.50. The molecule has 4 rings (SSSR count). The van der Waals surface area contributed by atoms with Crippen LogP contribution in [0.2, 0.25) is 5.02 Å². The number of benzene rings is 3. The van der Waals surface area contributed by atoms with Crippen LogP contribution in [0.4, 0.5) is 10.5 Å². The van der Waals surface area contributed by atoms with Crippen molar-refractivity contribution in [2.24, 2.45) is 0 Å². The van der Waals surface area contributed by atoms with Gasteiger partial charge in [-0.2, -0.15) is 0 Å². The number of hydrogen-bond acceptors (Lipinski definition) is 5. The SMILES string of the molecule is COc1cc(/C=C2/C(=O)NC(=O)N(c3ccc(C)c(Cl)c3)C2=O)cc(Br)c1OCc1ccc(I)cc1. The number of barbiturate groups is 1. The molecule has 184 valence electrons. The summed E-state index contributed by atoms with van der Waals surface area (Å²) in [4.78, 5) is 39.1. The lowest BCUT2D eigenvalue weighted by atomic mass is 10.1. The van der Waals surface area contributed by atoms with Gasteiger partial charge < -0.3 is 9.47 Å². The number of urea groups is 1. The highest BCUT2D eigenvalue weighted by Gasteiger charge is 2.37. The molecule has 1 fully saturated rings. The highest BCUT2D eigenvalue weighted by molar-refractivity contribution is 14.1. The number of aryl methyl sites for hydroxylation is 1. The molecular weight excluding hydrogens is 663 g/mol. The third kappa shape index (κ3) is 5.58. The summed E-state index contributed by atoms with van der Waals surface area (Å²) in [6, 6.07) is 15.2. The standard InChI is InChI=1S/C26H19BrClIN2O5/c1-14-3-8-18(12-21(14)28)31-25(33)19(24(32)30-26(31)34)9-16-10-20(27)23(22(11-16)35-2)36-13-15-4-6-17(29)7-5-15/h3-12H,13H2,1-2H3,(H,30,32,34)/b19-9-. The number of amides is 4. The van der Waals surface area contributed by atoms with Gasteiger partial charge in [-0.25, -0.2) is 9.69 Å². The number of halogens is 3. The lowest BCUT2D eigenvalue weighted by Crippen LogP contribution is -2.54. The van der Waals surface area contributed by atoms with Crippen LogP contribution >= 0.6 is 50.1 Å². The molecule has 0 bridgehead atoms. The molecule has 3 aromatic rings. The van der Waals surface area contributed by atoms with Gasteiger partial charge in [0.05, 0.1) is 17.3 Å². The monoisotopic (exact) mass is 680 g/mol. The molecule has 0 unspecified atom stereocenters. The van der Waals surface area contributed by atoms with Crippen LogP contribution in [0.5, 0.6) is 11.5 Å². The Bertz CT molecular complexity index is 1410. The van der Waals surface area contributed by atoms with Gasteiger partial charge in [-0.05, 0) is 105 Å². The van der Waals surface area contributed by atoms with Crippen molar-refractivity contribution >= 4 is 79.7 Å². The maximum absolute atomic E-state index is 13.2. The van der Waals surface area contributed by atoms with E-state index in [0.29, 0.717) is 33.2 Å². The van der Waals surface area contributed by atoms with Crippen molar-refractivity contribution in [2.75, 3.05) is 12.0 Å². The molecule has 0 aliphatic carbocycles. The Morgan fingerprint density at radius 1 is 1.08 bits per heavy atom. The Morgan fingerprint density at radius 3 is 2.47 bits per heavy atom. The smallest absolute Gasteiger partial charge is 0.335 e. The van der Waals surface area contributed by atoms with Crippen LogP contribution < -0.4 is 19.7 Å². The summed E-state index contributed by atoms with van der Waals surface area (Å²) in [6.45, 7) is 2.13. The first-order valence-electron chi connectivity index (χ1n) is 10.6. The largest absolute Gasteiger partial charge is 0.493 e. The summed E-state index contributed by atoms with van der Waals surface area (Å²) in [6.07, 6.45) is 1.39. The first kappa shape index (κ1) is 26.2. The lowest BCUT2D eigenvalue weighted by molar-refractivity contribution is -0.122. The molecular formula is C26H19BrClIN2O5. The van der Waals surface area contributed by atoms with Crippen LogP contribution in [0.25, 0.3) is 6.08 Å². The van der Waals surface area contributed by atoms with Gasteiger partial charge in [0.2, 0.25) is 0 Å². The van der Waals surface area contributed by atoms with Crippen LogP contribution in [-0.2, 0) is 16.2 Å². The molecule has 0 atom stereocenters. The second kappa shape index (κ2) is 11.0. The molecule has 0 spiro atoms. The first-order valence-corrected chi connectivity index (χ1v) is 12.9. The van der Waals surface area contributed by atoms with Gasteiger partial charge in [0.25, 0.3) is 11.8 Å². The summed E-state index contributed by atoms with van der Waals surface area (Å²) < 4.78 is 13.2. The fourth-order valence-electron chi connectivity index (χ4n) is 3.48. The minimum absolute atomic E-state index is 0.215. The summed E-state index contributed by atoms with van der Waals surface area (Å²) >= 11 is 11.9. The number of rotatable bonds is 6. The maximum atomic E-state index is 13.2. The quantitative estimate of drug-likeness (QED) is 0.189. The topological polar surface area (TPSA) is 84.9 Å². The van der Waals surface area contributed by atoms with Crippen molar-refractivity contribution in [3.63, 3.8) is 0 Å². The number of nitrogens with zero attached hydrogens (tertiary/aromatic N) is 1. The minimum Gasteiger partial charge on any atom is -0.493 e. The van der Waals surface area contributed by atoms with Crippen molar-refractivity contribution in [1.29, 1.82) is 0 Å². The molecule has 1 aliphatic rings. The Kier molecular flexibility index (Phi) is 8.01. The van der Waals surface area contributed by atoms with E-state index in [0.717, 1.165) is 19.6 Å². The van der Waals surface area contributed by atoms with Crippen LogP contribution in [-0.4, -0.2) is 25.0 Å². The summed E-state index contributed by atoms with van der Waals surface area (Å²) in [5.74, 6) is -0.682. The highest BCUT2D eigenvalue weighted by Crippen LogP contribution is 2.38. The van der Waals surface area contributed by atoms with Crippen molar-refractivity contribution in [1.82, 2.24) is 5.32 Å². The highest BCUT2D eigenvalue weighted by atomic mass is 127. The molecule has 1 N–H and O–H groups in total. The van der Waals surface area contributed by atoms with E-state index in [4.69, 9.17) is 21.1 Å². The number of ether oxygens (including phenoxy) is 2. The van der Waals surface area contributed by atoms with E-state index in [-0.39, 0.29) is 11.3 Å². The molecule has 10 heteroatoms. The van der Waals surface area contributed by atoms with Crippen LogP contribution in [0.15, 0.2) is 64.6 Å². The molecule has 7 nitrogen and oxygen atoms in total. The molecule has 0 radical (unpaired) electrons. The van der Waals surface area contributed by atoms with Gasteiger partial charge in [-0.1, -0.05) is 29.8 Å². The number of carbonyl (C=O) groups excluding carboxylic acids is 3. The van der Waals surface area contributed by atoms with E-state index in [9.17, 15) is 14.4 Å². The number of anilines is 1. The summed E-state index contributed by atoms with van der Waals surface area (Å²) in [5.41, 5.74) is 2.31. The lowest BCUT2D eigenvalue weighted by Gasteiger charge is -2.26. The van der Waals surface area contributed by atoms with E-state index in [2.05, 4.69) is 43.8 Å². The number of carbonyl (C=O) groups is 3. The Morgan fingerprint density at radius 2 is 1.81 bits per heavy atom. The van der Waals surface area contributed by atoms with Crippen molar-refractivity contribution in [2.45, 2.75) is 13.5 Å². The Labute approximate surface area is 234 Å². The van der Waals surface area contributed by atoms with Crippen molar-refractivity contribution < 1.29 is 23.9 Å². The average molecular weight is 682 g/mol. The molecule has 1 saturated heterocycles. The average Bonchev–Trinajstić information content (AvgIpc) is 2.84. The summed E-state index contributed by atoms with van der Waals surface area (Å²) in [5, 5.41) is 2.60. The molecule has 36 heavy (non-hydrogen) atoms. The van der Waals surface area contributed by atoms with Crippen LogP contribution in [0.1, 0.15) is 16.7 Å². The molecule has 3 aromatic carbocycles. The number of hydrogen-bond donors (Lipinski definition) is 1. The van der Waals surface area contributed by atoms with E-state index >= 15 is 0 Å². The predicted octanol–water partition coefficient (Wildman–Crippen LogP) is 6.27. The fourth-order valence-corrected chi connectivity index (χ4v) is 4.59. The van der Waals surface area contributed by atoms with E-state index in [1.165, 1.54) is 19.3 Å². The normalized spacial score (nSPS) is 14.8. The Balaban J connectivity index is 1.64. The van der Waals surface area contributed by atoms with E-state index < -0.39 is 17.8 Å². The molecule has 1 heterocycles. The van der Waals surface area contributed by atoms with Gasteiger partial charge in [0.1, 0.15) is 12.2 Å².